The van der Waals surface area contributed by atoms with Crippen molar-refractivity contribution in [1.82, 2.24) is 9.80 Å². The van der Waals surface area contributed by atoms with E-state index in [9.17, 15) is 4.79 Å². The van der Waals surface area contributed by atoms with E-state index >= 15 is 0 Å². The number of ether oxygens (including phenoxy) is 1. The zero-order valence-electron chi connectivity index (χ0n) is 18.5. The van der Waals surface area contributed by atoms with Gasteiger partial charge in [0, 0.05) is 25.7 Å². The van der Waals surface area contributed by atoms with E-state index in [1.165, 1.54) is 0 Å². The van der Waals surface area contributed by atoms with Gasteiger partial charge in [-0.1, -0.05) is 48.5 Å². The average molecular weight is 426 g/mol. The van der Waals surface area contributed by atoms with Gasteiger partial charge in [-0.3, -0.25) is 4.79 Å². The predicted octanol–water partition coefficient (Wildman–Crippen LogP) is 4.95. The number of rotatable bonds is 2. The van der Waals surface area contributed by atoms with E-state index < -0.39 is 0 Å². The van der Waals surface area contributed by atoms with E-state index in [1.807, 2.05) is 65.6 Å². The Labute approximate surface area is 189 Å². The maximum absolute atomic E-state index is 13.0. The molecule has 162 valence electrons. The number of piperazine rings is 1. The number of carbonyl (C=O) groups is 1. The third-order valence-corrected chi connectivity index (χ3v) is 6.14. The number of carbonyl (C=O) groups excluding carboxylic acids is 1. The predicted molar refractivity (Wildman–Crippen MR) is 127 cm³/mol. The summed E-state index contributed by atoms with van der Waals surface area (Å²) in [5.41, 5.74) is 4.01. The van der Waals surface area contributed by atoms with Crippen molar-refractivity contribution in [2.24, 2.45) is 4.99 Å². The van der Waals surface area contributed by atoms with Crippen LogP contribution in [0, 0.1) is 6.92 Å². The molecule has 0 aromatic heterocycles. The molecule has 0 saturated carbocycles. The highest BCUT2D eigenvalue weighted by Gasteiger charge is 2.31. The summed E-state index contributed by atoms with van der Waals surface area (Å²) in [7, 11) is 0. The monoisotopic (exact) mass is 425 g/mol. The fraction of sp³-hybridized carbons (Fsp3) is 0.259. The number of benzene rings is 3. The minimum atomic E-state index is 0.0940. The van der Waals surface area contributed by atoms with E-state index in [1.54, 1.807) is 0 Å². The van der Waals surface area contributed by atoms with Gasteiger partial charge in [0.1, 0.15) is 17.3 Å². The largest absolute Gasteiger partial charge is 0.454 e. The van der Waals surface area contributed by atoms with E-state index in [2.05, 4.69) is 30.9 Å². The summed E-state index contributed by atoms with van der Waals surface area (Å²) in [6.07, 6.45) is 0.440. The number of hydrogen-bond donors (Lipinski definition) is 0. The Kier molecular flexibility index (Phi) is 5.39. The molecule has 0 radical (unpaired) electrons. The number of para-hydroxylation sites is 1. The first-order valence-electron chi connectivity index (χ1n) is 11.1. The number of amidine groups is 1. The van der Waals surface area contributed by atoms with Gasteiger partial charge in [0.05, 0.1) is 12.0 Å². The molecular weight excluding hydrogens is 398 g/mol. The Morgan fingerprint density at radius 3 is 2.59 bits per heavy atom. The first kappa shape index (κ1) is 20.3. The first-order valence-corrected chi connectivity index (χ1v) is 11.1. The number of aryl methyl sites for hydroxylation is 1. The molecule has 1 atom stereocenters. The summed E-state index contributed by atoms with van der Waals surface area (Å²) in [5, 5.41) is 0. The topological polar surface area (TPSA) is 45.1 Å². The molecule has 0 bridgehead atoms. The van der Waals surface area contributed by atoms with Crippen molar-refractivity contribution in [3.8, 4) is 11.5 Å². The van der Waals surface area contributed by atoms with Crippen molar-refractivity contribution in [2.45, 2.75) is 26.3 Å². The van der Waals surface area contributed by atoms with E-state index in [0.29, 0.717) is 13.0 Å². The highest BCUT2D eigenvalue weighted by atomic mass is 16.5. The van der Waals surface area contributed by atoms with Crippen molar-refractivity contribution < 1.29 is 9.53 Å². The molecule has 5 heteroatoms. The van der Waals surface area contributed by atoms with Crippen molar-refractivity contribution >= 4 is 17.4 Å². The third kappa shape index (κ3) is 3.98. The molecule has 1 saturated heterocycles. The van der Waals surface area contributed by atoms with Crippen LogP contribution in [0.15, 0.2) is 77.8 Å². The van der Waals surface area contributed by atoms with E-state index in [-0.39, 0.29) is 11.9 Å². The van der Waals surface area contributed by atoms with Crippen LogP contribution < -0.4 is 4.74 Å². The molecule has 1 amide bonds. The van der Waals surface area contributed by atoms with Crippen LogP contribution in [0.4, 0.5) is 5.69 Å². The van der Waals surface area contributed by atoms with Crippen molar-refractivity contribution in [2.75, 3.05) is 19.6 Å². The molecule has 0 aliphatic carbocycles. The summed E-state index contributed by atoms with van der Waals surface area (Å²) < 4.78 is 6.25. The molecular formula is C27H27N3O2. The minimum absolute atomic E-state index is 0.0940. The lowest BCUT2D eigenvalue weighted by atomic mass is 10.1. The zero-order chi connectivity index (χ0) is 22.1. The average Bonchev–Trinajstić information content (AvgIpc) is 2.96. The molecule has 2 heterocycles. The van der Waals surface area contributed by atoms with Crippen LogP contribution in [0.25, 0.3) is 0 Å². The van der Waals surface area contributed by atoms with E-state index in [0.717, 1.165) is 52.8 Å². The van der Waals surface area contributed by atoms with Crippen LogP contribution >= 0.6 is 0 Å². The van der Waals surface area contributed by atoms with Crippen molar-refractivity contribution in [1.29, 1.82) is 0 Å². The van der Waals surface area contributed by atoms with Gasteiger partial charge in [0.25, 0.3) is 0 Å². The minimum Gasteiger partial charge on any atom is -0.454 e. The number of nitrogens with zero attached hydrogens (tertiary/aromatic N) is 3. The fourth-order valence-electron chi connectivity index (χ4n) is 4.46. The molecule has 3 aromatic carbocycles. The van der Waals surface area contributed by atoms with Gasteiger partial charge < -0.3 is 14.5 Å². The fourth-order valence-corrected chi connectivity index (χ4v) is 4.46. The highest BCUT2D eigenvalue weighted by Crippen LogP contribution is 2.38. The number of fused-ring (bicyclic) bond motifs is 2. The lowest BCUT2D eigenvalue weighted by Crippen LogP contribution is -2.55. The maximum Gasteiger partial charge on any atom is 0.227 e. The van der Waals surface area contributed by atoms with Crippen LogP contribution in [-0.4, -0.2) is 47.2 Å². The molecule has 0 N–H and O–H groups in total. The van der Waals surface area contributed by atoms with Crippen LogP contribution in [0.2, 0.25) is 0 Å². The van der Waals surface area contributed by atoms with Gasteiger partial charge in [0.15, 0.2) is 5.75 Å². The highest BCUT2D eigenvalue weighted by molar-refractivity contribution is 6.04. The van der Waals surface area contributed by atoms with Crippen LogP contribution in [0.1, 0.15) is 23.6 Å². The summed E-state index contributed by atoms with van der Waals surface area (Å²) >= 11 is 0. The molecule has 2 aliphatic heterocycles. The lowest BCUT2D eigenvalue weighted by Gasteiger charge is -2.41. The Bertz CT molecular complexity index is 1170. The maximum atomic E-state index is 13.0. The van der Waals surface area contributed by atoms with Crippen LogP contribution in [0.5, 0.6) is 11.5 Å². The van der Waals surface area contributed by atoms with Gasteiger partial charge in [0.2, 0.25) is 5.91 Å². The zero-order valence-corrected chi connectivity index (χ0v) is 18.5. The number of amides is 1. The SMILES string of the molecule is Cc1ccc2c(c1)Oc1ccccc1C(N1CCN(C(=O)Cc3ccccc3)C(C)C1)=N2. The summed E-state index contributed by atoms with van der Waals surface area (Å²) in [6.45, 7) is 6.31. The Balaban J connectivity index is 1.40. The van der Waals surface area contributed by atoms with Gasteiger partial charge in [-0.25, -0.2) is 4.99 Å². The Morgan fingerprint density at radius 1 is 1.00 bits per heavy atom. The molecule has 5 nitrogen and oxygen atoms in total. The van der Waals surface area contributed by atoms with Gasteiger partial charge in [-0.2, -0.15) is 0 Å². The van der Waals surface area contributed by atoms with Gasteiger partial charge in [-0.15, -0.1) is 0 Å². The summed E-state index contributed by atoms with van der Waals surface area (Å²) in [4.78, 5) is 22.3. The third-order valence-electron chi connectivity index (χ3n) is 6.14. The number of hydrogen-bond acceptors (Lipinski definition) is 4. The van der Waals surface area contributed by atoms with Gasteiger partial charge in [-0.05, 0) is 49.2 Å². The Hall–Kier alpha value is -3.60. The second kappa shape index (κ2) is 8.50. The molecule has 32 heavy (non-hydrogen) atoms. The molecule has 1 fully saturated rings. The molecule has 1 unspecified atom stereocenters. The lowest BCUT2D eigenvalue weighted by molar-refractivity contribution is -0.134. The molecule has 3 aromatic rings. The molecule has 5 rings (SSSR count). The smallest absolute Gasteiger partial charge is 0.227 e. The quantitative estimate of drug-likeness (QED) is 0.583. The second-order valence-corrected chi connectivity index (χ2v) is 8.55. The molecule has 2 aliphatic rings. The van der Waals surface area contributed by atoms with E-state index in [4.69, 9.17) is 9.73 Å². The first-order chi connectivity index (χ1) is 15.6. The second-order valence-electron chi connectivity index (χ2n) is 8.55. The standard InChI is InChI=1S/C27H27N3O2/c1-19-12-13-23-25(16-19)32-24-11-7-6-10-22(24)27(28-23)29-14-15-30(20(2)18-29)26(31)17-21-8-4-3-5-9-21/h3-13,16,20H,14-15,17-18H2,1-2H3. The number of aliphatic imine (C=N–C) groups is 1. The van der Waals surface area contributed by atoms with Gasteiger partial charge >= 0.3 is 0 Å². The van der Waals surface area contributed by atoms with Crippen molar-refractivity contribution in [3.05, 3.63) is 89.5 Å². The van der Waals surface area contributed by atoms with Crippen LogP contribution in [-0.2, 0) is 11.2 Å². The Morgan fingerprint density at radius 2 is 1.78 bits per heavy atom. The molecule has 0 spiro atoms. The van der Waals surface area contributed by atoms with Crippen molar-refractivity contribution in [3.63, 3.8) is 0 Å². The summed E-state index contributed by atoms with van der Waals surface area (Å²) in [5.74, 6) is 2.67. The summed E-state index contributed by atoms with van der Waals surface area (Å²) in [6, 6.07) is 24.2. The normalized spacial score (nSPS) is 17.6. The van der Waals surface area contributed by atoms with Crippen LogP contribution in [0.3, 0.4) is 0 Å².